The van der Waals surface area contributed by atoms with Crippen molar-refractivity contribution in [2.45, 2.75) is 31.2 Å². The predicted molar refractivity (Wildman–Crippen MR) is 137 cm³/mol. The monoisotopic (exact) mass is 502 g/mol. The van der Waals surface area contributed by atoms with Gasteiger partial charge in [0.25, 0.3) is 5.91 Å². The van der Waals surface area contributed by atoms with Gasteiger partial charge in [-0.25, -0.2) is 4.79 Å². The number of halogens is 2. The maximum atomic E-state index is 13.0. The molecule has 3 amide bonds. The standard InChI is InChI=1S/C26H32Cl2N4O2/c1-30(25(33)19-5-3-2-4-6-19)18-21(20-7-8-23(27)24(28)17-20)9-13-31-14-10-22(11-15-31)32-16-12-29-26(32)34/h2-8,17,21-22H,9-16,18H2,1H3,(H,29,34)/t21-/m1/s1. The Balaban J connectivity index is 1.39. The van der Waals surface area contributed by atoms with Crippen LogP contribution in [0.15, 0.2) is 48.5 Å². The molecule has 0 radical (unpaired) electrons. The highest BCUT2D eigenvalue weighted by atomic mass is 35.5. The zero-order valence-corrected chi connectivity index (χ0v) is 21.1. The SMILES string of the molecule is CN(C[C@@H](CCN1CCC(N2CCNC2=O)CC1)c1ccc(Cl)c(Cl)c1)C(=O)c1ccccc1. The quantitative estimate of drug-likeness (QED) is 0.567. The van der Waals surface area contributed by atoms with Crippen LogP contribution in [-0.4, -0.2) is 79.0 Å². The van der Waals surface area contributed by atoms with Crippen molar-refractivity contribution < 1.29 is 9.59 Å². The van der Waals surface area contributed by atoms with Crippen LogP contribution in [0.3, 0.4) is 0 Å². The number of piperidine rings is 1. The number of benzene rings is 2. The number of amides is 3. The fourth-order valence-corrected chi connectivity index (χ4v) is 5.28. The molecule has 182 valence electrons. The van der Waals surface area contributed by atoms with Crippen LogP contribution >= 0.6 is 23.2 Å². The highest BCUT2D eigenvalue weighted by Gasteiger charge is 2.31. The van der Waals surface area contributed by atoms with Crippen molar-refractivity contribution in [1.29, 1.82) is 0 Å². The molecule has 6 nitrogen and oxygen atoms in total. The lowest BCUT2D eigenvalue weighted by molar-refractivity contribution is 0.0780. The van der Waals surface area contributed by atoms with Crippen molar-refractivity contribution in [1.82, 2.24) is 20.0 Å². The average Bonchev–Trinajstić information content (AvgIpc) is 3.29. The lowest BCUT2D eigenvalue weighted by Gasteiger charge is -2.37. The summed E-state index contributed by atoms with van der Waals surface area (Å²) in [5, 5.41) is 3.97. The van der Waals surface area contributed by atoms with Gasteiger partial charge in [0.1, 0.15) is 0 Å². The van der Waals surface area contributed by atoms with Gasteiger partial charge in [-0.05, 0) is 55.6 Å². The summed E-state index contributed by atoms with van der Waals surface area (Å²) < 4.78 is 0. The molecule has 8 heteroatoms. The highest BCUT2D eigenvalue weighted by Crippen LogP contribution is 2.30. The number of likely N-dealkylation sites (N-methyl/N-ethyl adjacent to an activating group) is 1. The smallest absolute Gasteiger partial charge is 0.317 e. The summed E-state index contributed by atoms with van der Waals surface area (Å²) >= 11 is 12.5. The van der Waals surface area contributed by atoms with Gasteiger partial charge in [0.15, 0.2) is 0 Å². The van der Waals surface area contributed by atoms with Crippen molar-refractivity contribution in [2.24, 2.45) is 0 Å². The summed E-state index contributed by atoms with van der Waals surface area (Å²) in [6.45, 7) is 5.03. The average molecular weight is 503 g/mol. The summed E-state index contributed by atoms with van der Waals surface area (Å²) in [7, 11) is 1.85. The number of carbonyl (C=O) groups excluding carboxylic acids is 2. The molecule has 2 heterocycles. The number of likely N-dealkylation sites (tertiary alicyclic amines) is 1. The van der Waals surface area contributed by atoms with Crippen LogP contribution in [0.4, 0.5) is 4.79 Å². The Bertz CT molecular complexity index is 996. The minimum Gasteiger partial charge on any atom is -0.341 e. The molecule has 4 rings (SSSR count). The van der Waals surface area contributed by atoms with Crippen LogP contribution < -0.4 is 5.32 Å². The van der Waals surface area contributed by atoms with Crippen LogP contribution in [0.1, 0.15) is 41.1 Å². The van der Waals surface area contributed by atoms with Gasteiger partial charge >= 0.3 is 6.03 Å². The Hall–Kier alpha value is -2.28. The minimum atomic E-state index is 0.00960. The van der Waals surface area contributed by atoms with E-state index in [1.807, 2.05) is 60.5 Å². The number of hydrogen-bond donors (Lipinski definition) is 1. The summed E-state index contributed by atoms with van der Waals surface area (Å²) in [5.41, 5.74) is 1.77. The van der Waals surface area contributed by atoms with E-state index in [-0.39, 0.29) is 17.9 Å². The summed E-state index contributed by atoms with van der Waals surface area (Å²) in [4.78, 5) is 31.2. The molecule has 2 aromatic carbocycles. The van der Waals surface area contributed by atoms with Gasteiger partial charge in [-0.1, -0.05) is 47.5 Å². The first-order valence-corrected chi connectivity index (χ1v) is 12.7. The molecule has 0 aliphatic carbocycles. The molecule has 2 aliphatic rings. The van der Waals surface area contributed by atoms with Crippen molar-refractivity contribution in [2.75, 3.05) is 46.3 Å². The zero-order valence-electron chi connectivity index (χ0n) is 19.6. The first-order chi connectivity index (χ1) is 16.4. The molecule has 0 saturated carbocycles. The lowest BCUT2D eigenvalue weighted by atomic mass is 9.94. The molecule has 1 N–H and O–H groups in total. The Labute approximate surface area is 211 Å². The zero-order chi connectivity index (χ0) is 24.1. The second kappa shape index (κ2) is 11.4. The first-order valence-electron chi connectivity index (χ1n) is 11.9. The Morgan fingerprint density at radius 2 is 1.82 bits per heavy atom. The molecule has 34 heavy (non-hydrogen) atoms. The topological polar surface area (TPSA) is 55.9 Å². The van der Waals surface area contributed by atoms with Crippen LogP contribution in [0.5, 0.6) is 0 Å². The lowest BCUT2D eigenvalue weighted by Crippen LogP contribution is -2.46. The normalized spacial score (nSPS) is 18.1. The number of nitrogens with zero attached hydrogens (tertiary/aromatic N) is 3. The van der Waals surface area contributed by atoms with Crippen molar-refractivity contribution in [3.8, 4) is 0 Å². The van der Waals surface area contributed by atoms with Gasteiger partial charge in [0.2, 0.25) is 0 Å². The number of urea groups is 1. The van der Waals surface area contributed by atoms with Gasteiger partial charge in [-0.3, -0.25) is 4.79 Å². The molecule has 0 spiro atoms. The van der Waals surface area contributed by atoms with E-state index in [1.54, 1.807) is 4.90 Å². The van der Waals surface area contributed by atoms with E-state index >= 15 is 0 Å². The fraction of sp³-hybridized carbons (Fsp3) is 0.462. The van der Waals surface area contributed by atoms with E-state index in [0.29, 0.717) is 28.2 Å². The summed E-state index contributed by atoms with van der Waals surface area (Å²) in [6.07, 6.45) is 2.90. The van der Waals surface area contributed by atoms with E-state index in [1.165, 1.54) is 0 Å². The fourth-order valence-electron chi connectivity index (χ4n) is 4.97. The molecule has 2 aromatic rings. The van der Waals surface area contributed by atoms with Gasteiger partial charge in [0.05, 0.1) is 10.0 Å². The molecule has 1 atom stereocenters. The molecule has 2 fully saturated rings. The van der Waals surface area contributed by atoms with Crippen LogP contribution in [0.25, 0.3) is 0 Å². The van der Waals surface area contributed by atoms with E-state index in [2.05, 4.69) is 10.2 Å². The van der Waals surface area contributed by atoms with Crippen molar-refractivity contribution in [3.05, 3.63) is 69.7 Å². The van der Waals surface area contributed by atoms with Gasteiger partial charge in [-0.2, -0.15) is 0 Å². The largest absolute Gasteiger partial charge is 0.341 e. The predicted octanol–water partition coefficient (Wildman–Crippen LogP) is 4.73. The highest BCUT2D eigenvalue weighted by molar-refractivity contribution is 6.42. The van der Waals surface area contributed by atoms with E-state index in [9.17, 15) is 9.59 Å². The van der Waals surface area contributed by atoms with E-state index < -0.39 is 0 Å². The summed E-state index contributed by atoms with van der Waals surface area (Å²) in [5.74, 6) is 0.143. The van der Waals surface area contributed by atoms with Gasteiger partial charge < -0.3 is 20.0 Å². The Morgan fingerprint density at radius 3 is 2.47 bits per heavy atom. The Morgan fingerprint density at radius 1 is 1.09 bits per heavy atom. The molecule has 0 aromatic heterocycles. The number of hydrogen-bond acceptors (Lipinski definition) is 3. The van der Waals surface area contributed by atoms with Gasteiger partial charge in [0, 0.05) is 57.3 Å². The van der Waals surface area contributed by atoms with E-state index in [0.717, 1.165) is 57.5 Å². The van der Waals surface area contributed by atoms with Crippen molar-refractivity contribution >= 4 is 35.1 Å². The van der Waals surface area contributed by atoms with Crippen molar-refractivity contribution in [3.63, 3.8) is 0 Å². The molecular weight excluding hydrogens is 471 g/mol. The number of carbonyl (C=O) groups is 2. The summed E-state index contributed by atoms with van der Waals surface area (Å²) in [6, 6.07) is 15.5. The third kappa shape index (κ3) is 6.04. The maximum Gasteiger partial charge on any atom is 0.317 e. The molecule has 0 bridgehead atoms. The first kappa shape index (κ1) is 24.8. The van der Waals surface area contributed by atoms with Gasteiger partial charge in [-0.15, -0.1) is 0 Å². The third-order valence-electron chi connectivity index (χ3n) is 6.96. The molecular formula is C26H32Cl2N4O2. The minimum absolute atomic E-state index is 0.00960. The second-order valence-corrected chi connectivity index (χ2v) is 10.0. The number of rotatable bonds is 8. The maximum absolute atomic E-state index is 13.0. The van der Waals surface area contributed by atoms with E-state index in [4.69, 9.17) is 23.2 Å². The van der Waals surface area contributed by atoms with Crippen LogP contribution in [0.2, 0.25) is 10.0 Å². The van der Waals surface area contributed by atoms with Crippen LogP contribution in [-0.2, 0) is 0 Å². The molecule has 2 aliphatic heterocycles. The second-order valence-electron chi connectivity index (χ2n) is 9.21. The number of nitrogens with one attached hydrogen (secondary N) is 1. The third-order valence-corrected chi connectivity index (χ3v) is 7.70. The molecule has 2 saturated heterocycles. The van der Waals surface area contributed by atoms with Crippen LogP contribution in [0, 0.1) is 0 Å². The Kier molecular flexibility index (Phi) is 8.35. The molecule has 0 unspecified atom stereocenters.